The molecule has 1 saturated heterocycles. The van der Waals surface area contributed by atoms with Crippen LogP contribution in [0.1, 0.15) is 51.7 Å². The number of carbonyl (C=O) groups is 1. The van der Waals surface area contributed by atoms with Crippen LogP contribution < -0.4 is 5.32 Å². The Bertz CT molecular complexity index is 607. The summed E-state index contributed by atoms with van der Waals surface area (Å²) >= 11 is 0. The van der Waals surface area contributed by atoms with E-state index in [-0.39, 0.29) is 29.9 Å². The fourth-order valence-corrected chi connectivity index (χ4v) is 4.15. The summed E-state index contributed by atoms with van der Waals surface area (Å²) < 4.78 is 19.0. The van der Waals surface area contributed by atoms with Crippen LogP contribution in [0.4, 0.5) is 4.39 Å². The molecule has 1 aromatic rings. The predicted molar refractivity (Wildman–Crippen MR) is 100 cm³/mol. The quantitative estimate of drug-likeness (QED) is 0.891. The van der Waals surface area contributed by atoms with E-state index in [0.717, 1.165) is 18.5 Å². The lowest BCUT2D eigenvalue weighted by atomic mass is 9.78. The van der Waals surface area contributed by atoms with Crippen LogP contribution in [0.2, 0.25) is 0 Å². The molecular formula is C21H31FN2O2. The zero-order valence-electron chi connectivity index (χ0n) is 16.1. The van der Waals surface area contributed by atoms with E-state index in [1.165, 1.54) is 25.0 Å². The molecule has 144 valence electrons. The molecule has 4 nitrogen and oxygen atoms in total. The molecule has 2 fully saturated rings. The second kappa shape index (κ2) is 8.49. The molecule has 0 aromatic heterocycles. The van der Waals surface area contributed by atoms with Crippen molar-refractivity contribution in [2.24, 2.45) is 11.8 Å². The van der Waals surface area contributed by atoms with E-state index in [4.69, 9.17) is 4.74 Å². The van der Waals surface area contributed by atoms with Gasteiger partial charge in [0, 0.05) is 19.1 Å². The number of carbonyl (C=O) groups excluding carboxylic acids is 1. The molecule has 1 N–H and O–H groups in total. The normalized spacial score (nSPS) is 31.4. The van der Waals surface area contributed by atoms with Gasteiger partial charge in [-0.3, -0.25) is 9.69 Å². The van der Waals surface area contributed by atoms with Gasteiger partial charge in [-0.15, -0.1) is 0 Å². The Morgan fingerprint density at radius 1 is 1.27 bits per heavy atom. The van der Waals surface area contributed by atoms with Crippen LogP contribution in [0.5, 0.6) is 0 Å². The first-order valence-corrected chi connectivity index (χ1v) is 9.87. The number of benzene rings is 1. The standard InChI is InChI=1S/C21H31FN2O2/c1-14-5-4-6-19(15(14)2)23-21(25)16(3)24-11-12-26-20(13-24)17-7-9-18(22)10-8-17/h7-10,14-16,19-20H,4-6,11-13H2,1-3H3,(H,23,25)/t14-,15+,16-,19+,20-/m1/s1. The SMILES string of the molecule is C[C@H]1[C@H](C)CCC[C@@H]1NC(=O)[C@@H](C)N1CCO[C@@H](c2ccc(F)cc2)C1. The average Bonchev–Trinajstić information content (AvgIpc) is 2.65. The van der Waals surface area contributed by atoms with Gasteiger partial charge in [0.05, 0.1) is 18.8 Å². The highest BCUT2D eigenvalue weighted by Gasteiger charge is 2.32. The highest BCUT2D eigenvalue weighted by atomic mass is 19.1. The van der Waals surface area contributed by atoms with Crippen LogP contribution in [-0.2, 0) is 9.53 Å². The summed E-state index contributed by atoms with van der Waals surface area (Å²) in [6.07, 6.45) is 3.40. The third kappa shape index (κ3) is 4.44. The molecule has 5 heteroatoms. The van der Waals surface area contributed by atoms with Crippen molar-refractivity contribution in [2.45, 2.75) is 58.2 Å². The van der Waals surface area contributed by atoms with E-state index in [1.807, 2.05) is 6.92 Å². The Labute approximate surface area is 156 Å². The summed E-state index contributed by atoms with van der Waals surface area (Å²) in [6.45, 7) is 8.47. The van der Waals surface area contributed by atoms with Gasteiger partial charge >= 0.3 is 0 Å². The minimum Gasteiger partial charge on any atom is -0.371 e. The molecule has 2 aliphatic rings. The van der Waals surface area contributed by atoms with Crippen LogP contribution in [-0.4, -0.2) is 42.6 Å². The lowest BCUT2D eigenvalue weighted by molar-refractivity contribution is -0.130. The molecule has 1 aliphatic carbocycles. The third-order valence-electron chi connectivity index (χ3n) is 6.30. The molecule has 1 aromatic carbocycles. The maximum atomic E-state index is 13.1. The van der Waals surface area contributed by atoms with Crippen molar-refractivity contribution < 1.29 is 13.9 Å². The highest BCUT2D eigenvalue weighted by Crippen LogP contribution is 2.30. The molecule has 0 unspecified atom stereocenters. The topological polar surface area (TPSA) is 41.6 Å². The van der Waals surface area contributed by atoms with Gasteiger partial charge < -0.3 is 10.1 Å². The van der Waals surface area contributed by atoms with Crippen molar-refractivity contribution in [3.8, 4) is 0 Å². The Hall–Kier alpha value is -1.46. The molecule has 1 aliphatic heterocycles. The number of nitrogens with one attached hydrogen (secondary N) is 1. The summed E-state index contributed by atoms with van der Waals surface area (Å²) in [7, 11) is 0. The average molecular weight is 362 g/mol. The number of amides is 1. The molecular weight excluding hydrogens is 331 g/mol. The fourth-order valence-electron chi connectivity index (χ4n) is 4.15. The predicted octanol–water partition coefficient (Wildman–Crippen LogP) is 3.53. The zero-order chi connectivity index (χ0) is 18.7. The first-order valence-electron chi connectivity index (χ1n) is 9.87. The second-order valence-corrected chi connectivity index (χ2v) is 7.96. The number of halogens is 1. The second-order valence-electron chi connectivity index (χ2n) is 7.96. The molecule has 0 bridgehead atoms. The zero-order valence-corrected chi connectivity index (χ0v) is 16.1. The number of nitrogens with zero attached hydrogens (tertiary/aromatic N) is 1. The van der Waals surface area contributed by atoms with E-state index in [2.05, 4.69) is 24.1 Å². The number of hydrogen-bond acceptors (Lipinski definition) is 3. The summed E-state index contributed by atoms with van der Waals surface area (Å²) in [4.78, 5) is 15.0. The fraction of sp³-hybridized carbons (Fsp3) is 0.667. The minimum absolute atomic E-state index is 0.107. The highest BCUT2D eigenvalue weighted by molar-refractivity contribution is 5.81. The largest absolute Gasteiger partial charge is 0.371 e. The lowest BCUT2D eigenvalue weighted by Crippen LogP contribution is -2.54. The van der Waals surface area contributed by atoms with Gasteiger partial charge in [-0.1, -0.05) is 38.8 Å². The van der Waals surface area contributed by atoms with E-state index >= 15 is 0 Å². The van der Waals surface area contributed by atoms with Gasteiger partial charge in [0.25, 0.3) is 0 Å². The van der Waals surface area contributed by atoms with Gasteiger partial charge in [0.1, 0.15) is 5.82 Å². The van der Waals surface area contributed by atoms with Crippen molar-refractivity contribution in [1.29, 1.82) is 0 Å². The van der Waals surface area contributed by atoms with E-state index < -0.39 is 0 Å². The smallest absolute Gasteiger partial charge is 0.237 e. The first-order chi connectivity index (χ1) is 12.5. The van der Waals surface area contributed by atoms with Gasteiger partial charge in [0.15, 0.2) is 0 Å². The minimum atomic E-state index is -0.245. The van der Waals surface area contributed by atoms with Crippen LogP contribution in [0.25, 0.3) is 0 Å². The molecule has 1 saturated carbocycles. The number of ether oxygens (including phenoxy) is 1. The number of rotatable bonds is 4. The molecule has 0 radical (unpaired) electrons. The van der Waals surface area contributed by atoms with Crippen molar-refractivity contribution >= 4 is 5.91 Å². The van der Waals surface area contributed by atoms with Crippen molar-refractivity contribution in [3.63, 3.8) is 0 Å². The maximum Gasteiger partial charge on any atom is 0.237 e. The molecule has 1 heterocycles. The third-order valence-corrected chi connectivity index (χ3v) is 6.30. The molecule has 0 spiro atoms. The molecule has 1 amide bonds. The Balaban J connectivity index is 1.58. The summed E-state index contributed by atoms with van der Waals surface area (Å²) in [6, 6.07) is 6.53. The first kappa shape index (κ1) is 19.3. The molecule has 5 atom stereocenters. The summed E-state index contributed by atoms with van der Waals surface area (Å²) in [5, 5.41) is 3.29. The van der Waals surface area contributed by atoms with E-state index in [9.17, 15) is 9.18 Å². The number of morpholine rings is 1. The Morgan fingerprint density at radius 3 is 2.73 bits per heavy atom. The Morgan fingerprint density at radius 2 is 2.00 bits per heavy atom. The van der Waals surface area contributed by atoms with Gasteiger partial charge in [-0.2, -0.15) is 0 Å². The van der Waals surface area contributed by atoms with Gasteiger partial charge in [-0.25, -0.2) is 4.39 Å². The van der Waals surface area contributed by atoms with E-state index in [1.54, 1.807) is 12.1 Å². The molecule has 3 rings (SSSR count). The van der Waals surface area contributed by atoms with Gasteiger partial charge in [0.2, 0.25) is 5.91 Å². The summed E-state index contributed by atoms with van der Waals surface area (Å²) in [5.41, 5.74) is 0.957. The van der Waals surface area contributed by atoms with Crippen LogP contribution in [0, 0.1) is 17.7 Å². The van der Waals surface area contributed by atoms with Crippen molar-refractivity contribution in [2.75, 3.05) is 19.7 Å². The maximum absolute atomic E-state index is 13.1. The monoisotopic (exact) mass is 362 g/mol. The molecule has 26 heavy (non-hydrogen) atoms. The van der Waals surface area contributed by atoms with Crippen LogP contribution in [0.3, 0.4) is 0 Å². The van der Waals surface area contributed by atoms with Crippen LogP contribution >= 0.6 is 0 Å². The van der Waals surface area contributed by atoms with Crippen molar-refractivity contribution in [3.05, 3.63) is 35.6 Å². The lowest BCUT2D eigenvalue weighted by Gasteiger charge is -2.39. The van der Waals surface area contributed by atoms with Gasteiger partial charge in [-0.05, 0) is 42.9 Å². The van der Waals surface area contributed by atoms with Crippen molar-refractivity contribution in [1.82, 2.24) is 10.2 Å². The van der Waals surface area contributed by atoms with E-state index in [0.29, 0.717) is 25.0 Å². The summed E-state index contributed by atoms with van der Waals surface area (Å²) in [5.74, 6) is 1.05. The van der Waals surface area contributed by atoms with Crippen LogP contribution in [0.15, 0.2) is 24.3 Å². The Kier molecular flexibility index (Phi) is 6.30. The number of hydrogen-bond donors (Lipinski definition) is 1.